The second-order valence-electron chi connectivity index (χ2n) is 4.74. The summed E-state index contributed by atoms with van der Waals surface area (Å²) in [6.07, 6.45) is 0.902. The molecule has 0 heterocycles. The average molecular weight is 272 g/mol. The fourth-order valence-electron chi connectivity index (χ4n) is 2.00. The van der Waals surface area contributed by atoms with Gasteiger partial charge in [-0.3, -0.25) is 4.79 Å². The van der Waals surface area contributed by atoms with E-state index in [9.17, 15) is 9.18 Å². The fourth-order valence-corrected chi connectivity index (χ4v) is 2.00. The summed E-state index contributed by atoms with van der Waals surface area (Å²) in [5.41, 5.74) is 8.17. The summed E-state index contributed by atoms with van der Waals surface area (Å²) in [5.74, 6) is -0.766. The van der Waals surface area contributed by atoms with Crippen LogP contribution in [-0.2, 0) is 11.2 Å². The highest BCUT2D eigenvalue weighted by Gasteiger charge is 2.10. The maximum Gasteiger partial charge on any atom is 0.224 e. The van der Waals surface area contributed by atoms with E-state index in [0.717, 1.165) is 11.1 Å². The van der Waals surface area contributed by atoms with Crippen molar-refractivity contribution in [3.63, 3.8) is 0 Å². The molecular formula is C16H17FN2O. The van der Waals surface area contributed by atoms with Gasteiger partial charge in [-0.25, -0.2) is 4.39 Å². The van der Waals surface area contributed by atoms with Crippen molar-refractivity contribution in [1.82, 2.24) is 0 Å². The van der Waals surface area contributed by atoms with Gasteiger partial charge in [0.05, 0.1) is 5.69 Å². The van der Waals surface area contributed by atoms with Gasteiger partial charge in [0.15, 0.2) is 0 Å². The van der Waals surface area contributed by atoms with Crippen LogP contribution in [0.1, 0.15) is 17.5 Å². The van der Waals surface area contributed by atoms with Crippen LogP contribution in [-0.4, -0.2) is 5.91 Å². The van der Waals surface area contributed by atoms with Crippen LogP contribution in [0.2, 0.25) is 0 Å². The summed E-state index contributed by atoms with van der Waals surface area (Å²) >= 11 is 0. The number of halogens is 1. The van der Waals surface area contributed by atoms with Crippen molar-refractivity contribution in [2.45, 2.75) is 19.8 Å². The lowest BCUT2D eigenvalue weighted by atomic mass is 10.1. The first-order valence-electron chi connectivity index (χ1n) is 6.45. The molecule has 0 aliphatic rings. The van der Waals surface area contributed by atoms with E-state index in [0.29, 0.717) is 6.42 Å². The molecule has 0 bridgehead atoms. The number of hydrogen-bond acceptors (Lipinski definition) is 2. The Morgan fingerprint density at radius 1 is 1.25 bits per heavy atom. The van der Waals surface area contributed by atoms with Gasteiger partial charge in [0.1, 0.15) is 11.5 Å². The normalized spacial score (nSPS) is 10.3. The fraction of sp³-hybridized carbons (Fsp3) is 0.188. The van der Waals surface area contributed by atoms with E-state index >= 15 is 0 Å². The number of benzene rings is 2. The Hall–Kier alpha value is -2.36. The third kappa shape index (κ3) is 3.57. The van der Waals surface area contributed by atoms with Gasteiger partial charge in [-0.05, 0) is 31.0 Å². The lowest BCUT2D eigenvalue weighted by molar-refractivity contribution is -0.116. The first-order chi connectivity index (χ1) is 9.56. The second kappa shape index (κ2) is 6.19. The molecule has 3 nitrogen and oxygen atoms in total. The third-order valence-electron chi connectivity index (χ3n) is 3.03. The molecule has 0 saturated carbocycles. The van der Waals surface area contributed by atoms with Crippen LogP contribution >= 0.6 is 0 Å². The molecule has 0 radical (unpaired) electrons. The predicted molar refractivity (Wildman–Crippen MR) is 78.9 cm³/mol. The van der Waals surface area contributed by atoms with E-state index in [-0.39, 0.29) is 23.7 Å². The Morgan fingerprint density at radius 3 is 2.70 bits per heavy atom. The number of nitrogens with one attached hydrogen (secondary N) is 1. The first-order valence-corrected chi connectivity index (χ1v) is 6.45. The van der Waals surface area contributed by atoms with E-state index in [1.807, 2.05) is 31.2 Å². The van der Waals surface area contributed by atoms with Gasteiger partial charge in [0.25, 0.3) is 0 Å². The summed E-state index contributed by atoms with van der Waals surface area (Å²) in [6.45, 7) is 2.00. The van der Waals surface area contributed by atoms with Crippen molar-refractivity contribution in [3.05, 3.63) is 59.4 Å². The zero-order chi connectivity index (χ0) is 14.5. The van der Waals surface area contributed by atoms with Crippen LogP contribution in [0.3, 0.4) is 0 Å². The van der Waals surface area contributed by atoms with Gasteiger partial charge in [-0.1, -0.05) is 35.9 Å². The lowest BCUT2D eigenvalue weighted by Gasteiger charge is -2.09. The molecule has 0 unspecified atom stereocenters. The van der Waals surface area contributed by atoms with Gasteiger partial charge in [-0.15, -0.1) is 0 Å². The number of para-hydroxylation sites is 1. The van der Waals surface area contributed by atoms with Gasteiger partial charge in [0, 0.05) is 6.42 Å². The highest BCUT2D eigenvalue weighted by molar-refractivity contribution is 5.94. The molecule has 0 aromatic heterocycles. The predicted octanol–water partition coefficient (Wildman–Crippen LogP) is 3.29. The largest absolute Gasteiger partial charge is 0.397 e. The Bertz CT molecular complexity index is 605. The summed E-state index contributed by atoms with van der Waals surface area (Å²) in [7, 11) is 0. The first kappa shape index (κ1) is 14.1. The Labute approximate surface area is 117 Å². The number of carbonyl (C=O) groups excluding carboxylic acids is 1. The summed E-state index contributed by atoms with van der Waals surface area (Å²) in [6, 6.07) is 12.3. The van der Waals surface area contributed by atoms with E-state index in [2.05, 4.69) is 5.32 Å². The molecule has 104 valence electrons. The maximum absolute atomic E-state index is 13.5. The van der Waals surface area contributed by atoms with Crippen molar-refractivity contribution in [2.24, 2.45) is 0 Å². The topological polar surface area (TPSA) is 55.1 Å². The van der Waals surface area contributed by atoms with E-state index < -0.39 is 5.82 Å². The molecule has 0 fully saturated rings. The van der Waals surface area contributed by atoms with E-state index in [1.165, 1.54) is 12.1 Å². The molecule has 0 aliphatic heterocycles. The number of nitrogen functional groups attached to an aromatic ring is 1. The van der Waals surface area contributed by atoms with Crippen molar-refractivity contribution in [1.29, 1.82) is 0 Å². The lowest BCUT2D eigenvalue weighted by Crippen LogP contribution is -2.14. The van der Waals surface area contributed by atoms with Crippen LogP contribution in [0.15, 0.2) is 42.5 Å². The molecule has 0 aliphatic carbocycles. The van der Waals surface area contributed by atoms with Crippen LogP contribution in [0.5, 0.6) is 0 Å². The summed E-state index contributed by atoms with van der Waals surface area (Å²) in [5, 5.41) is 2.52. The second-order valence-corrected chi connectivity index (χ2v) is 4.74. The van der Waals surface area contributed by atoms with Crippen molar-refractivity contribution in [3.8, 4) is 0 Å². The molecule has 4 heteroatoms. The highest BCUT2D eigenvalue weighted by Crippen LogP contribution is 2.22. The van der Waals surface area contributed by atoms with Crippen molar-refractivity contribution < 1.29 is 9.18 Å². The molecule has 2 aromatic rings. The number of nitrogens with two attached hydrogens (primary N) is 1. The Balaban J connectivity index is 1.96. The molecule has 1 amide bonds. The number of rotatable bonds is 4. The van der Waals surface area contributed by atoms with Crippen LogP contribution in [0, 0.1) is 12.7 Å². The number of aryl methyl sites for hydroxylation is 2. The summed E-state index contributed by atoms with van der Waals surface area (Å²) in [4.78, 5) is 11.8. The zero-order valence-electron chi connectivity index (χ0n) is 11.3. The number of anilines is 2. The average Bonchev–Trinajstić information content (AvgIpc) is 2.41. The SMILES string of the molecule is Cc1cccc(CCC(=O)Nc2c(N)cccc2F)c1. The molecule has 0 spiro atoms. The van der Waals surface area contributed by atoms with Crippen molar-refractivity contribution in [2.75, 3.05) is 11.1 Å². The van der Waals surface area contributed by atoms with Crippen LogP contribution in [0.4, 0.5) is 15.8 Å². The summed E-state index contributed by atoms with van der Waals surface area (Å²) < 4.78 is 13.5. The molecule has 0 atom stereocenters. The number of carbonyl (C=O) groups is 1. The number of hydrogen-bond donors (Lipinski definition) is 2. The van der Waals surface area contributed by atoms with Gasteiger partial charge >= 0.3 is 0 Å². The minimum atomic E-state index is -0.520. The monoisotopic (exact) mass is 272 g/mol. The smallest absolute Gasteiger partial charge is 0.224 e. The van der Waals surface area contributed by atoms with E-state index in [1.54, 1.807) is 6.07 Å². The van der Waals surface area contributed by atoms with E-state index in [4.69, 9.17) is 5.73 Å². The van der Waals surface area contributed by atoms with Crippen LogP contribution < -0.4 is 11.1 Å². The van der Waals surface area contributed by atoms with Gasteiger partial charge in [-0.2, -0.15) is 0 Å². The third-order valence-corrected chi connectivity index (χ3v) is 3.03. The Morgan fingerprint density at radius 2 is 2.00 bits per heavy atom. The number of amides is 1. The molecule has 2 rings (SSSR count). The quantitative estimate of drug-likeness (QED) is 0.839. The molecular weight excluding hydrogens is 255 g/mol. The van der Waals surface area contributed by atoms with Crippen molar-refractivity contribution >= 4 is 17.3 Å². The molecule has 20 heavy (non-hydrogen) atoms. The Kier molecular flexibility index (Phi) is 4.35. The highest BCUT2D eigenvalue weighted by atomic mass is 19.1. The minimum absolute atomic E-state index is 0.0572. The van der Waals surface area contributed by atoms with Gasteiger partial charge < -0.3 is 11.1 Å². The van der Waals surface area contributed by atoms with Gasteiger partial charge in [0.2, 0.25) is 5.91 Å². The standard InChI is InChI=1S/C16H17FN2O/c1-11-4-2-5-12(10-11)8-9-15(20)19-16-13(17)6-3-7-14(16)18/h2-7,10H,8-9,18H2,1H3,(H,19,20). The molecule has 0 saturated heterocycles. The maximum atomic E-state index is 13.5. The molecule has 2 aromatic carbocycles. The zero-order valence-corrected chi connectivity index (χ0v) is 11.3. The minimum Gasteiger partial charge on any atom is -0.397 e. The van der Waals surface area contributed by atoms with Crippen LogP contribution in [0.25, 0.3) is 0 Å². The molecule has 3 N–H and O–H groups in total.